The lowest BCUT2D eigenvalue weighted by Crippen LogP contribution is -2.20. The van der Waals surface area contributed by atoms with Crippen molar-refractivity contribution in [3.63, 3.8) is 0 Å². The second kappa shape index (κ2) is 7.96. The number of ketones is 1. The van der Waals surface area contributed by atoms with E-state index in [1.165, 1.54) is 32.2 Å². The summed E-state index contributed by atoms with van der Waals surface area (Å²) in [6.07, 6.45) is 0. The number of carbonyl (C=O) groups excluding carboxylic acids is 3. The number of methoxy groups -OCH3 is 1. The summed E-state index contributed by atoms with van der Waals surface area (Å²) >= 11 is 0. The highest BCUT2D eigenvalue weighted by molar-refractivity contribution is 6.05. The molecule has 0 aromatic heterocycles. The Morgan fingerprint density at radius 1 is 1.04 bits per heavy atom. The summed E-state index contributed by atoms with van der Waals surface area (Å²) in [7, 11) is 1.42. The number of nitrogens with one attached hydrogen (secondary N) is 1. The average molecular weight is 342 g/mol. The minimum atomic E-state index is -0.616. The maximum absolute atomic E-state index is 12.4. The fourth-order valence-corrected chi connectivity index (χ4v) is 2.10. The van der Waals surface area contributed by atoms with E-state index in [9.17, 15) is 14.4 Å². The number of anilines is 1. The van der Waals surface area contributed by atoms with Gasteiger partial charge in [-0.25, -0.2) is 0 Å². The van der Waals surface area contributed by atoms with Crippen LogP contribution in [0.1, 0.15) is 27.6 Å². The highest BCUT2D eigenvalue weighted by Gasteiger charge is 2.12. The summed E-state index contributed by atoms with van der Waals surface area (Å²) in [6.45, 7) is 1.16. The number of nitrogens with two attached hydrogens (primary N) is 1. The van der Waals surface area contributed by atoms with Gasteiger partial charge in [-0.1, -0.05) is 12.1 Å². The molecule has 0 saturated carbocycles. The van der Waals surface area contributed by atoms with Crippen LogP contribution in [-0.4, -0.2) is 31.3 Å². The Morgan fingerprint density at radius 2 is 1.80 bits per heavy atom. The molecule has 2 aromatic carbocycles. The van der Waals surface area contributed by atoms with Gasteiger partial charge in [0.05, 0.1) is 7.11 Å². The smallest absolute Gasteiger partial charge is 0.255 e. The van der Waals surface area contributed by atoms with Crippen LogP contribution >= 0.6 is 0 Å². The molecule has 0 aliphatic rings. The third-order valence-corrected chi connectivity index (χ3v) is 3.32. The van der Waals surface area contributed by atoms with E-state index in [2.05, 4.69) is 5.32 Å². The number of hydrogen-bond acceptors (Lipinski definition) is 5. The van der Waals surface area contributed by atoms with Gasteiger partial charge in [-0.15, -0.1) is 0 Å². The molecule has 0 bridgehead atoms. The first-order chi connectivity index (χ1) is 11.9. The van der Waals surface area contributed by atoms with E-state index in [0.717, 1.165) is 0 Å². The molecule has 0 fully saturated rings. The molecular weight excluding hydrogens is 324 g/mol. The van der Waals surface area contributed by atoms with Crippen LogP contribution in [0.15, 0.2) is 42.5 Å². The fraction of sp³-hybridized carbons (Fsp3) is 0.167. The molecule has 3 N–H and O–H groups in total. The summed E-state index contributed by atoms with van der Waals surface area (Å²) in [5.74, 6) is -0.480. The standard InChI is InChI=1S/C18H18N2O5/c1-11(21)12-4-3-5-14(8-12)20-18(23)13-6-7-15(16(9-13)24-2)25-10-17(19)22/h3-9H,10H2,1-2H3,(H2,19,22)(H,20,23). The van der Waals surface area contributed by atoms with Gasteiger partial charge in [-0.3, -0.25) is 14.4 Å². The quantitative estimate of drug-likeness (QED) is 0.748. The summed E-state index contributed by atoms with van der Waals surface area (Å²) in [4.78, 5) is 34.6. The molecule has 0 heterocycles. The number of rotatable bonds is 7. The molecule has 0 radical (unpaired) electrons. The lowest BCUT2D eigenvalue weighted by molar-refractivity contribution is -0.119. The number of benzene rings is 2. The molecule has 0 spiro atoms. The number of carbonyl (C=O) groups is 3. The van der Waals surface area contributed by atoms with E-state index in [1.54, 1.807) is 24.3 Å². The molecule has 2 amide bonds. The lowest BCUT2D eigenvalue weighted by Gasteiger charge is -2.11. The van der Waals surface area contributed by atoms with Crippen molar-refractivity contribution in [2.75, 3.05) is 19.0 Å². The first-order valence-electron chi connectivity index (χ1n) is 7.42. The largest absolute Gasteiger partial charge is 0.493 e. The zero-order valence-electron chi connectivity index (χ0n) is 13.9. The molecule has 0 saturated heterocycles. The molecule has 0 aliphatic carbocycles. The fourth-order valence-electron chi connectivity index (χ4n) is 2.10. The third kappa shape index (κ3) is 4.81. The van der Waals surface area contributed by atoms with Crippen molar-refractivity contribution in [1.82, 2.24) is 0 Å². The molecule has 7 nitrogen and oxygen atoms in total. The van der Waals surface area contributed by atoms with Gasteiger partial charge in [-0.05, 0) is 37.3 Å². The molecule has 0 aliphatic heterocycles. The highest BCUT2D eigenvalue weighted by Crippen LogP contribution is 2.28. The minimum Gasteiger partial charge on any atom is -0.493 e. The van der Waals surface area contributed by atoms with Gasteiger partial charge in [0.1, 0.15) is 0 Å². The summed E-state index contributed by atoms with van der Waals surface area (Å²) in [5.41, 5.74) is 6.38. The Kier molecular flexibility index (Phi) is 5.73. The summed E-state index contributed by atoms with van der Waals surface area (Å²) in [6, 6.07) is 11.2. The van der Waals surface area contributed by atoms with Gasteiger partial charge >= 0.3 is 0 Å². The van der Waals surface area contributed by atoms with Crippen molar-refractivity contribution in [1.29, 1.82) is 0 Å². The van der Waals surface area contributed by atoms with Crippen molar-refractivity contribution in [2.24, 2.45) is 5.73 Å². The van der Waals surface area contributed by atoms with E-state index >= 15 is 0 Å². The second-order valence-corrected chi connectivity index (χ2v) is 5.21. The molecule has 130 valence electrons. The molecule has 7 heteroatoms. The van der Waals surface area contributed by atoms with Gasteiger partial charge in [-0.2, -0.15) is 0 Å². The molecular formula is C18H18N2O5. The third-order valence-electron chi connectivity index (χ3n) is 3.32. The molecule has 2 aromatic rings. The zero-order valence-corrected chi connectivity index (χ0v) is 13.9. The van der Waals surface area contributed by atoms with Crippen molar-refractivity contribution >= 4 is 23.3 Å². The summed E-state index contributed by atoms with van der Waals surface area (Å²) in [5, 5.41) is 2.71. The Labute approximate surface area is 144 Å². The van der Waals surface area contributed by atoms with Crippen LogP contribution in [0.5, 0.6) is 11.5 Å². The van der Waals surface area contributed by atoms with Crippen LogP contribution in [-0.2, 0) is 4.79 Å². The second-order valence-electron chi connectivity index (χ2n) is 5.21. The predicted molar refractivity (Wildman–Crippen MR) is 92.1 cm³/mol. The van der Waals surface area contributed by atoms with Crippen molar-refractivity contribution in [3.05, 3.63) is 53.6 Å². The van der Waals surface area contributed by atoms with Crippen LogP contribution in [0.4, 0.5) is 5.69 Å². The minimum absolute atomic E-state index is 0.0891. The number of primary amides is 1. The Bertz CT molecular complexity index is 817. The summed E-state index contributed by atoms with van der Waals surface area (Å²) < 4.78 is 10.4. The van der Waals surface area contributed by atoms with Gasteiger partial charge in [0.2, 0.25) is 0 Å². The molecule has 2 rings (SSSR count). The first kappa shape index (κ1) is 18.0. The maximum atomic E-state index is 12.4. The molecule has 0 atom stereocenters. The van der Waals surface area contributed by atoms with Crippen LogP contribution < -0.4 is 20.5 Å². The van der Waals surface area contributed by atoms with Crippen molar-refractivity contribution in [2.45, 2.75) is 6.92 Å². The van der Waals surface area contributed by atoms with Crippen LogP contribution in [0.2, 0.25) is 0 Å². The topological polar surface area (TPSA) is 108 Å². The SMILES string of the molecule is COc1cc(C(=O)Nc2cccc(C(C)=O)c2)ccc1OCC(N)=O. The van der Waals surface area contributed by atoms with Gasteiger partial charge in [0.25, 0.3) is 11.8 Å². The van der Waals surface area contributed by atoms with Gasteiger partial charge < -0.3 is 20.5 Å². The Morgan fingerprint density at radius 3 is 2.44 bits per heavy atom. The highest BCUT2D eigenvalue weighted by atomic mass is 16.5. The lowest BCUT2D eigenvalue weighted by atomic mass is 10.1. The Hall–Kier alpha value is -3.35. The zero-order chi connectivity index (χ0) is 18.4. The van der Waals surface area contributed by atoms with Gasteiger partial charge in [0.15, 0.2) is 23.9 Å². The Balaban J connectivity index is 2.17. The normalized spacial score (nSPS) is 10.0. The van der Waals surface area contributed by atoms with E-state index < -0.39 is 5.91 Å². The monoisotopic (exact) mass is 342 g/mol. The predicted octanol–water partition coefficient (Wildman–Crippen LogP) is 2.01. The van der Waals surface area contributed by atoms with Crippen LogP contribution in [0.3, 0.4) is 0 Å². The van der Waals surface area contributed by atoms with Crippen LogP contribution in [0, 0.1) is 0 Å². The molecule has 25 heavy (non-hydrogen) atoms. The number of ether oxygens (including phenoxy) is 2. The number of hydrogen-bond donors (Lipinski definition) is 2. The van der Waals surface area contributed by atoms with Crippen LogP contribution in [0.25, 0.3) is 0 Å². The van der Waals surface area contributed by atoms with E-state index in [-0.39, 0.29) is 18.3 Å². The van der Waals surface area contributed by atoms with Crippen molar-refractivity contribution in [3.8, 4) is 11.5 Å². The maximum Gasteiger partial charge on any atom is 0.255 e. The molecule has 0 unspecified atom stereocenters. The van der Waals surface area contributed by atoms with E-state index in [1.807, 2.05) is 0 Å². The average Bonchev–Trinajstić information content (AvgIpc) is 2.59. The number of amides is 2. The number of Topliss-reactive ketones (excluding diaryl/α,β-unsaturated/α-hetero) is 1. The van der Waals surface area contributed by atoms with E-state index in [0.29, 0.717) is 28.3 Å². The van der Waals surface area contributed by atoms with E-state index in [4.69, 9.17) is 15.2 Å². The van der Waals surface area contributed by atoms with Crippen molar-refractivity contribution < 1.29 is 23.9 Å². The first-order valence-corrected chi connectivity index (χ1v) is 7.42. The van der Waals surface area contributed by atoms with Gasteiger partial charge in [0, 0.05) is 16.8 Å².